The Hall–Kier alpha value is -3.67. The summed E-state index contributed by atoms with van der Waals surface area (Å²) in [5.74, 6) is -0.711. The molecule has 1 atom stereocenters. The smallest absolute Gasteiger partial charge is 0.261 e. The average molecular weight is 428 g/mol. The molecule has 162 valence electrons. The largest absolute Gasteiger partial charge is 0.348 e. The Morgan fingerprint density at radius 2 is 1.72 bits per heavy atom. The third-order valence-corrected chi connectivity index (χ3v) is 6.37. The molecule has 0 fully saturated rings. The fraction of sp³-hybridized carbons (Fsp3) is 0.269. The van der Waals surface area contributed by atoms with Crippen LogP contribution in [0.4, 0.5) is 0 Å². The topological polar surface area (TPSA) is 62.6 Å². The molecule has 2 aliphatic rings. The normalized spacial score (nSPS) is 17.5. The molecule has 0 bridgehead atoms. The molecule has 0 N–H and O–H groups in total. The summed E-state index contributed by atoms with van der Waals surface area (Å²) in [6, 6.07) is 18.7. The van der Waals surface area contributed by atoms with Crippen molar-refractivity contribution in [2.75, 3.05) is 13.1 Å². The number of nitrogens with zero attached hydrogens (tertiary/aromatic N) is 3. The van der Waals surface area contributed by atoms with Crippen LogP contribution in [0.1, 0.15) is 68.1 Å². The number of benzene rings is 2. The maximum atomic E-state index is 13.7. The molecule has 1 unspecified atom stereocenters. The molecule has 0 radical (unpaired) electrons. The Morgan fingerprint density at radius 3 is 2.50 bits per heavy atom. The molecule has 6 heteroatoms. The minimum Gasteiger partial charge on any atom is -0.348 e. The standard InChI is InChI=1S/C26H25N3O3/c1-2-3-14-29-25(31)20-12-11-19(17-21(20)26(29)32)24(30)28-16-15-27-13-7-10-22(27)23(28)18-8-5-4-6-9-18/h4-13,17,23H,2-3,14-16H2,1H3. The predicted octanol–water partition coefficient (Wildman–Crippen LogP) is 4.13. The second kappa shape index (κ2) is 8.11. The zero-order chi connectivity index (χ0) is 22.2. The Balaban J connectivity index is 1.49. The van der Waals surface area contributed by atoms with Gasteiger partial charge in [0.25, 0.3) is 17.7 Å². The van der Waals surface area contributed by atoms with Gasteiger partial charge in [0.1, 0.15) is 0 Å². The molecule has 3 aromatic rings. The lowest BCUT2D eigenvalue weighted by Gasteiger charge is -2.37. The third kappa shape index (κ3) is 3.23. The number of aromatic nitrogens is 1. The number of imide groups is 1. The van der Waals surface area contributed by atoms with E-state index in [0.717, 1.165) is 24.1 Å². The molecule has 0 saturated carbocycles. The van der Waals surface area contributed by atoms with Gasteiger partial charge in [0.2, 0.25) is 0 Å². The highest BCUT2D eigenvalue weighted by molar-refractivity contribution is 6.22. The second-order valence-corrected chi connectivity index (χ2v) is 8.31. The highest BCUT2D eigenvalue weighted by atomic mass is 16.2. The van der Waals surface area contributed by atoms with Crippen molar-refractivity contribution in [2.24, 2.45) is 0 Å². The third-order valence-electron chi connectivity index (χ3n) is 6.37. The van der Waals surface area contributed by atoms with E-state index in [2.05, 4.69) is 4.57 Å². The number of rotatable bonds is 5. The van der Waals surface area contributed by atoms with Crippen LogP contribution in [-0.2, 0) is 6.54 Å². The minimum absolute atomic E-state index is 0.138. The number of fused-ring (bicyclic) bond motifs is 2. The molecular weight excluding hydrogens is 402 g/mol. The van der Waals surface area contributed by atoms with E-state index in [1.165, 1.54) is 4.90 Å². The fourth-order valence-electron chi connectivity index (χ4n) is 4.70. The highest BCUT2D eigenvalue weighted by Crippen LogP contribution is 2.34. The maximum Gasteiger partial charge on any atom is 0.261 e. The van der Waals surface area contributed by atoms with Crippen LogP contribution in [0.3, 0.4) is 0 Å². The van der Waals surface area contributed by atoms with Crippen molar-refractivity contribution in [1.29, 1.82) is 0 Å². The van der Waals surface area contributed by atoms with Crippen molar-refractivity contribution in [3.8, 4) is 0 Å². The van der Waals surface area contributed by atoms with E-state index >= 15 is 0 Å². The molecule has 2 aromatic carbocycles. The summed E-state index contributed by atoms with van der Waals surface area (Å²) in [7, 11) is 0. The SMILES string of the molecule is CCCCN1C(=O)c2ccc(C(=O)N3CCn4cccc4C3c3ccccc3)cc2C1=O. The molecule has 6 nitrogen and oxygen atoms in total. The average Bonchev–Trinajstić information content (AvgIpc) is 3.40. The van der Waals surface area contributed by atoms with E-state index in [9.17, 15) is 14.4 Å². The highest BCUT2D eigenvalue weighted by Gasteiger charge is 2.37. The molecule has 0 aliphatic carbocycles. The van der Waals surface area contributed by atoms with E-state index in [0.29, 0.717) is 36.3 Å². The van der Waals surface area contributed by atoms with Gasteiger partial charge in [-0.05, 0) is 42.3 Å². The molecule has 3 amide bonds. The molecule has 0 saturated heterocycles. The van der Waals surface area contributed by atoms with Crippen LogP contribution >= 0.6 is 0 Å². The lowest BCUT2D eigenvalue weighted by molar-refractivity contribution is 0.0649. The number of unbranched alkanes of at least 4 members (excludes halogenated alkanes) is 1. The van der Waals surface area contributed by atoms with Crippen molar-refractivity contribution in [3.05, 3.63) is 94.8 Å². The van der Waals surface area contributed by atoms with E-state index < -0.39 is 0 Å². The summed E-state index contributed by atoms with van der Waals surface area (Å²) in [6.07, 6.45) is 3.70. The van der Waals surface area contributed by atoms with Crippen molar-refractivity contribution >= 4 is 17.7 Å². The Labute approximate surface area is 187 Å². The van der Waals surface area contributed by atoms with E-state index in [1.54, 1.807) is 18.2 Å². The molecule has 5 rings (SSSR count). The first-order chi connectivity index (χ1) is 15.6. The van der Waals surface area contributed by atoms with Crippen LogP contribution in [0.15, 0.2) is 66.9 Å². The first-order valence-corrected chi connectivity index (χ1v) is 11.1. The predicted molar refractivity (Wildman–Crippen MR) is 120 cm³/mol. The van der Waals surface area contributed by atoms with Crippen molar-refractivity contribution in [1.82, 2.24) is 14.4 Å². The maximum absolute atomic E-state index is 13.7. The van der Waals surface area contributed by atoms with E-state index in [4.69, 9.17) is 0 Å². The van der Waals surface area contributed by atoms with Crippen LogP contribution in [0.2, 0.25) is 0 Å². The van der Waals surface area contributed by atoms with Crippen molar-refractivity contribution < 1.29 is 14.4 Å². The number of carbonyl (C=O) groups is 3. The molecule has 3 heterocycles. The Morgan fingerprint density at radius 1 is 0.938 bits per heavy atom. The lowest BCUT2D eigenvalue weighted by Crippen LogP contribution is -2.42. The number of hydrogen-bond donors (Lipinski definition) is 0. The molecular formula is C26H25N3O3. The Bertz CT molecular complexity index is 1200. The first-order valence-electron chi connectivity index (χ1n) is 11.1. The quantitative estimate of drug-likeness (QED) is 0.575. The van der Waals surface area contributed by atoms with Crippen LogP contribution in [0.5, 0.6) is 0 Å². The number of hydrogen-bond acceptors (Lipinski definition) is 3. The first kappa shape index (κ1) is 20.2. The van der Waals surface area contributed by atoms with Gasteiger partial charge < -0.3 is 9.47 Å². The molecule has 1 aromatic heterocycles. The van der Waals surface area contributed by atoms with Gasteiger partial charge in [0, 0.05) is 37.1 Å². The zero-order valence-electron chi connectivity index (χ0n) is 18.0. The lowest BCUT2D eigenvalue weighted by atomic mass is 9.98. The zero-order valence-corrected chi connectivity index (χ0v) is 18.0. The monoisotopic (exact) mass is 427 g/mol. The summed E-state index contributed by atoms with van der Waals surface area (Å²) in [5.41, 5.74) is 3.25. The van der Waals surface area contributed by atoms with Crippen LogP contribution < -0.4 is 0 Å². The van der Waals surface area contributed by atoms with Gasteiger partial charge >= 0.3 is 0 Å². The summed E-state index contributed by atoms with van der Waals surface area (Å²) in [5, 5.41) is 0. The fourth-order valence-corrected chi connectivity index (χ4v) is 4.70. The van der Waals surface area contributed by atoms with E-state index in [-0.39, 0.29) is 23.8 Å². The molecule has 0 spiro atoms. The molecule has 32 heavy (non-hydrogen) atoms. The van der Waals surface area contributed by atoms with Gasteiger partial charge in [-0.3, -0.25) is 19.3 Å². The van der Waals surface area contributed by atoms with Gasteiger partial charge in [-0.15, -0.1) is 0 Å². The summed E-state index contributed by atoms with van der Waals surface area (Å²) < 4.78 is 2.18. The van der Waals surface area contributed by atoms with Crippen LogP contribution in [-0.4, -0.2) is 45.2 Å². The van der Waals surface area contributed by atoms with Gasteiger partial charge in [-0.25, -0.2) is 0 Å². The van der Waals surface area contributed by atoms with Gasteiger partial charge in [-0.2, -0.15) is 0 Å². The van der Waals surface area contributed by atoms with E-state index in [1.807, 2.05) is 60.5 Å². The van der Waals surface area contributed by atoms with Crippen LogP contribution in [0.25, 0.3) is 0 Å². The van der Waals surface area contributed by atoms with Crippen molar-refractivity contribution in [2.45, 2.75) is 32.4 Å². The van der Waals surface area contributed by atoms with Crippen molar-refractivity contribution in [3.63, 3.8) is 0 Å². The van der Waals surface area contributed by atoms with Gasteiger partial charge in [0.05, 0.1) is 17.2 Å². The molecule has 2 aliphatic heterocycles. The summed E-state index contributed by atoms with van der Waals surface area (Å²) in [6.45, 7) is 3.70. The minimum atomic E-state index is -0.305. The number of carbonyl (C=O) groups excluding carboxylic acids is 3. The number of amides is 3. The van der Waals surface area contributed by atoms with Gasteiger partial charge in [0.15, 0.2) is 0 Å². The Kier molecular flexibility index (Phi) is 5.13. The second-order valence-electron chi connectivity index (χ2n) is 8.31. The summed E-state index contributed by atoms with van der Waals surface area (Å²) >= 11 is 0. The summed E-state index contributed by atoms with van der Waals surface area (Å²) in [4.78, 5) is 42.3. The van der Waals surface area contributed by atoms with Gasteiger partial charge in [-0.1, -0.05) is 43.7 Å². The van der Waals surface area contributed by atoms with Crippen LogP contribution in [0, 0.1) is 0 Å².